The number of amides is 2. The zero-order chi connectivity index (χ0) is 23.0. The van der Waals surface area contributed by atoms with Crippen molar-refractivity contribution in [1.29, 1.82) is 0 Å². The van der Waals surface area contributed by atoms with Crippen molar-refractivity contribution in [3.8, 4) is 11.1 Å². The maximum absolute atomic E-state index is 13.0. The third kappa shape index (κ3) is 4.26. The van der Waals surface area contributed by atoms with Gasteiger partial charge in [0.05, 0.1) is 11.5 Å². The van der Waals surface area contributed by atoms with Crippen molar-refractivity contribution in [1.82, 2.24) is 0 Å². The van der Waals surface area contributed by atoms with E-state index in [0.717, 1.165) is 39.1 Å². The Balaban J connectivity index is 1.58. The van der Waals surface area contributed by atoms with Crippen LogP contribution in [0.25, 0.3) is 11.1 Å². The molecule has 3 aromatic rings. The average molecular weight is 451 g/mol. The van der Waals surface area contributed by atoms with Gasteiger partial charge >= 0.3 is 6.03 Å². The Labute approximate surface area is 188 Å². The van der Waals surface area contributed by atoms with E-state index in [9.17, 15) is 18.3 Å². The van der Waals surface area contributed by atoms with Gasteiger partial charge in [-0.05, 0) is 90.0 Å². The largest absolute Gasteiger partial charge is 0.392 e. The number of aryl methyl sites for hydroxylation is 2. The van der Waals surface area contributed by atoms with E-state index in [1.807, 2.05) is 50.2 Å². The summed E-state index contributed by atoms with van der Waals surface area (Å²) in [6.07, 6.45) is 1.80. The molecule has 1 aliphatic heterocycles. The van der Waals surface area contributed by atoms with Gasteiger partial charge in [0.25, 0.3) is 0 Å². The zero-order valence-electron chi connectivity index (χ0n) is 18.3. The van der Waals surface area contributed by atoms with E-state index < -0.39 is 9.84 Å². The Morgan fingerprint density at radius 3 is 2.44 bits per heavy atom. The monoisotopic (exact) mass is 450 g/mol. The van der Waals surface area contributed by atoms with Gasteiger partial charge in [-0.3, -0.25) is 4.90 Å². The van der Waals surface area contributed by atoms with Crippen LogP contribution in [0, 0.1) is 13.8 Å². The second-order valence-electron chi connectivity index (χ2n) is 8.24. The number of urea groups is 1. The summed E-state index contributed by atoms with van der Waals surface area (Å²) in [6, 6.07) is 16.3. The predicted molar refractivity (Wildman–Crippen MR) is 127 cm³/mol. The summed E-state index contributed by atoms with van der Waals surface area (Å²) in [7, 11) is -3.28. The molecule has 32 heavy (non-hydrogen) atoms. The highest BCUT2D eigenvalue weighted by Crippen LogP contribution is 2.33. The van der Waals surface area contributed by atoms with E-state index in [2.05, 4.69) is 5.32 Å². The fourth-order valence-electron chi connectivity index (χ4n) is 4.33. The van der Waals surface area contributed by atoms with Crippen LogP contribution in [0.3, 0.4) is 0 Å². The molecule has 4 rings (SSSR count). The molecular weight excluding hydrogens is 424 g/mol. The number of anilines is 2. The second kappa shape index (κ2) is 8.41. The predicted octanol–water partition coefficient (Wildman–Crippen LogP) is 4.46. The fraction of sp³-hybridized carbons (Fsp3) is 0.240. The van der Waals surface area contributed by atoms with Crippen LogP contribution in [0.1, 0.15) is 22.3 Å². The van der Waals surface area contributed by atoms with E-state index in [1.165, 1.54) is 6.26 Å². The minimum absolute atomic E-state index is 0.0108. The summed E-state index contributed by atoms with van der Waals surface area (Å²) in [5, 5.41) is 12.4. The van der Waals surface area contributed by atoms with Crippen LogP contribution in [0.2, 0.25) is 0 Å². The zero-order valence-corrected chi connectivity index (χ0v) is 19.2. The van der Waals surface area contributed by atoms with E-state index in [0.29, 0.717) is 18.7 Å². The molecule has 0 saturated carbocycles. The minimum Gasteiger partial charge on any atom is -0.392 e. The molecule has 1 aliphatic rings. The average Bonchev–Trinajstić information content (AvgIpc) is 3.16. The third-order valence-corrected chi connectivity index (χ3v) is 6.91. The molecule has 0 radical (unpaired) electrons. The Morgan fingerprint density at radius 2 is 1.78 bits per heavy atom. The molecule has 6 nitrogen and oxygen atoms in total. The van der Waals surface area contributed by atoms with E-state index in [-0.39, 0.29) is 17.5 Å². The van der Waals surface area contributed by atoms with Gasteiger partial charge < -0.3 is 10.4 Å². The molecular formula is C25H26N2O4S. The summed E-state index contributed by atoms with van der Waals surface area (Å²) >= 11 is 0. The lowest BCUT2D eigenvalue weighted by Gasteiger charge is -2.20. The van der Waals surface area contributed by atoms with Gasteiger partial charge in [-0.15, -0.1) is 0 Å². The molecule has 166 valence electrons. The normalized spacial score (nSPS) is 13.2. The number of aliphatic hydroxyl groups is 1. The third-order valence-electron chi connectivity index (χ3n) is 5.80. The maximum Gasteiger partial charge on any atom is 0.326 e. The van der Waals surface area contributed by atoms with Crippen molar-refractivity contribution in [2.75, 3.05) is 23.0 Å². The number of nitrogens with zero attached hydrogens (tertiary/aromatic N) is 1. The maximum atomic E-state index is 13.0. The van der Waals surface area contributed by atoms with E-state index >= 15 is 0 Å². The molecule has 0 atom stereocenters. The number of sulfone groups is 1. The Kier molecular flexibility index (Phi) is 5.79. The van der Waals surface area contributed by atoms with Crippen molar-refractivity contribution in [3.63, 3.8) is 0 Å². The van der Waals surface area contributed by atoms with E-state index in [4.69, 9.17) is 0 Å². The highest BCUT2D eigenvalue weighted by Gasteiger charge is 2.26. The Hall–Kier alpha value is -3.16. The lowest BCUT2D eigenvalue weighted by atomic mass is 9.94. The first kappa shape index (κ1) is 22.0. The van der Waals surface area contributed by atoms with Crippen molar-refractivity contribution in [3.05, 3.63) is 76.9 Å². The molecule has 2 amide bonds. The number of carbonyl (C=O) groups is 1. The molecule has 0 aliphatic carbocycles. The number of aliphatic hydroxyl groups excluding tert-OH is 1. The summed E-state index contributed by atoms with van der Waals surface area (Å²) < 4.78 is 23.6. The Morgan fingerprint density at radius 1 is 1.06 bits per heavy atom. The molecule has 3 aromatic carbocycles. The van der Waals surface area contributed by atoms with Crippen molar-refractivity contribution in [2.45, 2.75) is 31.8 Å². The molecule has 2 N–H and O–H groups in total. The number of carbonyl (C=O) groups excluding carboxylic acids is 1. The number of rotatable bonds is 4. The topological polar surface area (TPSA) is 86.7 Å². The summed E-state index contributed by atoms with van der Waals surface area (Å²) in [5.41, 5.74) is 7.30. The van der Waals surface area contributed by atoms with Gasteiger partial charge in [0.2, 0.25) is 0 Å². The first-order chi connectivity index (χ1) is 15.2. The highest BCUT2D eigenvalue weighted by atomic mass is 32.2. The van der Waals surface area contributed by atoms with Crippen LogP contribution < -0.4 is 10.2 Å². The number of fused-ring (bicyclic) bond motifs is 1. The summed E-state index contributed by atoms with van der Waals surface area (Å²) in [5.74, 6) is 0. The van der Waals surface area contributed by atoms with Gasteiger partial charge in [-0.25, -0.2) is 13.2 Å². The SMILES string of the molecule is Cc1cc(NC(=O)N2CCc3cc(S(C)(=O)=O)ccc32)cc(C)c1-c1cccc(CO)c1. The Bertz CT molecular complexity index is 1290. The minimum atomic E-state index is -3.28. The molecule has 0 aromatic heterocycles. The lowest BCUT2D eigenvalue weighted by molar-refractivity contribution is 0.257. The standard InChI is InChI=1S/C25H26N2O4S/c1-16-11-21(12-17(2)24(16)20-6-4-5-18(13-20)15-28)26-25(29)27-10-9-19-14-22(32(3,30)31)7-8-23(19)27/h4-8,11-14,28H,9-10,15H2,1-3H3,(H,26,29). The molecule has 7 heteroatoms. The van der Waals surface area contributed by atoms with Crippen LogP contribution in [0.5, 0.6) is 0 Å². The second-order valence-corrected chi connectivity index (χ2v) is 10.3. The van der Waals surface area contributed by atoms with Gasteiger partial charge in [0.1, 0.15) is 0 Å². The summed E-state index contributed by atoms with van der Waals surface area (Å²) in [4.78, 5) is 14.9. The molecule has 0 saturated heterocycles. The molecule has 0 unspecified atom stereocenters. The van der Waals surface area contributed by atoms with Crippen molar-refractivity contribution >= 4 is 27.2 Å². The van der Waals surface area contributed by atoms with Gasteiger partial charge in [0, 0.05) is 24.2 Å². The molecule has 0 bridgehead atoms. The fourth-order valence-corrected chi connectivity index (χ4v) is 5.00. The smallest absolute Gasteiger partial charge is 0.326 e. The van der Waals surface area contributed by atoms with Gasteiger partial charge in [-0.2, -0.15) is 0 Å². The molecule has 0 spiro atoms. The number of nitrogens with one attached hydrogen (secondary N) is 1. The van der Waals surface area contributed by atoms with Gasteiger partial charge in [-0.1, -0.05) is 18.2 Å². The van der Waals surface area contributed by atoms with Crippen molar-refractivity contribution in [2.24, 2.45) is 0 Å². The highest BCUT2D eigenvalue weighted by molar-refractivity contribution is 7.90. The van der Waals surface area contributed by atoms with Crippen molar-refractivity contribution < 1.29 is 18.3 Å². The quantitative estimate of drug-likeness (QED) is 0.614. The number of benzene rings is 3. The van der Waals surface area contributed by atoms with E-state index in [1.54, 1.807) is 23.1 Å². The van der Waals surface area contributed by atoms with Crippen LogP contribution >= 0.6 is 0 Å². The van der Waals surface area contributed by atoms with Gasteiger partial charge in [0.15, 0.2) is 9.84 Å². The number of hydrogen-bond donors (Lipinski definition) is 2. The lowest BCUT2D eigenvalue weighted by Crippen LogP contribution is -2.33. The van der Waals surface area contributed by atoms with Crippen LogP contribution in [-0.2, 0) is 22.9 Å². The van der Waals surface area contributed by atoms with Crippen LogP contribution in [0.4, 0.5) is 16.2 Å². The summed E-state index contributed by atoms with van der Waals surface area (Å²) in [6.45, 7) is 4.49. The van der Waals surface area contributed by atoms with Crippen LogP contribution in [-0.4, -0.2) is 32.4 Å². The molecule has 1 heterocycles. The molecule has 0 fully saturated rings. The van der Waals surface area contributed by atoms with Crippen LogP contribution in [0.15, 0.2) is 59.5 Å². The number of hydrogen-bond acceptors (Lipinski definition) is 4. The first-order valence-corrected chi connectivity index (χ1v) is 12.3. The first-order valence-electron chi connectivity index (χ1n) is 10.4.